The summed E-state index contributed by atoms with van der Waals surface area (Å²) in [6.07, 6.45) is -4.96. The molecule has 4 aromatic carbocycles. The molecule has 43 heavy (non-hydrogen) atoms. The lowest BCUT2D eigenvalue weighted by molar-refractivity contribution is -0.140. The van der Waals surface area contributed by atoms with Gasteiger partial charge in [0.2, 0.25) is 0 Å². The third-order valence-electron chi connectivity index (χ3n) is 6.66. The van der Waals surface area contributed by atoms with E-state index in [0.717, 1.165) is 26.0 Å². The number of aryl methyl sites for hydroxylation is 1. The third kappa shape index (κ3) is 6.56. The van der Waals surface area contributed by atoms with Gasteiger partial charge >= 0.3 is 6.18 Å². The highest BCUT2D eigenvalue weighted by Gasteiger charge is 2.35. The molecule has 0 saturated heterocycles. The molecule has 6 nitrogen and oxygen atoms in total. The van der Waals surface area contributed by atoms with Crippen LogP contribution in [0.5, 0.6) is 0 Å². The number of nitrogens with zero attached hydrogens (tertiary/aromatic N) is 1. The number of carbonyl (C=O) groups is 1. The van der Waals surface area contributed by atoms with Crippen molar-refractivity contribution in [2.75, 3.05) is 4.31 Å². The number of hydrogen-bond acceptors (Lipinski definition) is 5. The molecule has 0 aliphatic heterocycles. The number of amides is 1. The number of rotatable bonds is 9. The molecule has 1 N–H and O–H groups in total. The summed E-state index contributed by atoms with van der Waals surface area (Å²) in [6, 6.07) is 23.9. The molecule has 12 heteroatoms. The van der Waals surface area contributed by atoms with Crippen LogP contribution >= 0.6 is 11.3 Å². The molecule has 0 atom stereocenters. The zero-order valence-electron chi connectivity index (χ0n) is 22.6. The monoisotopic (exact) mass is 628 g/mol. The number of thiophene rings is 1. The molecule has 0 bridgehead atoms. The van der Waals surface area contributed by atoms with Crippen LogP contribution in [-0.4, -0.2) is 14.3 Å². The summed E-state index contributed by atoms with van der Waals surface area (Å²) in [5.41, 5.74) is 2.36. The molecule has 5 aromatic rings. The number of fused-ring (bicyclic) bond motifs is 1. The summed E-state index contributed by atoms with van der Waals surface area (Å²) in [5, 5.41) is 1.09. The molecule has 1 aromatic heterocycles. The van der Waals surface area contributed by atoms with Gasteiger partial charge in [-0.15, -0.1) is 11.3 Å². The van der Waals surface area contributed by atoms with Crippen LogP contribution in [0.25, 0.3) is 10.1 Å². The van der Waals surface area contributed by atoms with Crippen LogP contribution in [0.1, 0.15) is 32.6 Å². The summed E-state index contributed by atoms with van der Waals surface area (Å²) < 4.78 is 84.2. The van der Waals surface area contributed by atoms with Gasteiger partial charge < -0.3 is 0 Å². The quantitative estimate of drug-likeness (QED) is 0.135. The van der Waals surface area contributed by atoms with E-state index in [0.29, 0.717) is 22.7 Å². The van der Waals surface area contributed by atoms with Gasteiger partial charge in [-0.3, -0.25) is 13.9 Å². The molecule has 0 saturated carbocycles. The van der Waals surface area contributed by atoms with Crippen molar-refractivity contribution in [3.63, 3.8) is 0 Å². The van der Waals surface area contributed by atoms with Gasteiger partial charge in [0, 0.05) is 10.3 Å². The van der Waals surface area contributed by atoms with Gasteiger partial charge in [-0.2, -0.15) is 13.2 Å². The number of anilines is 1. The number of benzene rings is 4. The van der Waals surface area contributed by atoms with Crippen LogP contribution in [0.4, 0.5) is 22.6 Å². The third-order valence-corrected chi connectivity index (χ3v) is 9.83. The molecule has 1 heterocycles. The second-order valence-electron chi connectivity index (χ2n) is 9.58. The van der Waals surface area contributed by atoms with E-state index < -0.39 is 40.0 Å². The van der Waals surface area contributed by atoms with Crippen molar-refractivity contribution in [1.82, 2.24) is 5.48 Å². The number of sulfonamides is 1. The first-order valence-corrected chi connectivity index (χ1v) is 15.1. The van der Waals surface area contributed by atoms with Crippen LogP contribution in [-0.2, 0) is 34.2 Å². The molecular weight excluding hydrogens is 604 g/mol. The first kappa shape index (κ1) is 30.2. The second-order valence-corrected chi connectivity index (χ2v) is 12.5. The van der Waals surface area contributed by atoms with E-state index in [1.54, 1.807) is 19.1 Å². The normalized spacial score (nSPS) is 11.9. The predicted octanol–water partition coefficient (Wildman–Crippen LogP) is 7.62. The summed E-state index contributed by atoms with van der Waals surface area (Å²) in [7, 11) is -4.37. The van der Waals surface area contributed by atoms with Gasteiger partial charge in [0.05, 0.1) is 23.6 Å². The average molecular weight is 629 g/mol. The van der Waals surface area contributed by atoms with E-state index in [1.807, 2.05) is 42.5 Å². The van der Waals surface area contributed by atoms with Crippen molar-refractivity contribution in [3.05, 3.63) is 131 Å². The van der Waals surface area contributed by atoms with Crippen LogP contribution in [0.15, 0.2) is 102 Å². The van der Waals surface area contributed by atoms with Gasteiger partial charge in [0.25, 0.3) is 15.9 Å². The summed E-state index contributed by atoms with van der Waals surface area (Å²) in [4.78, 5) is 17.6. The second kappa shape index (κ2) is 12.2. The number of alkyl halides is 3. The zero-order chi connectivity index (χ0) is 30.8. The first-order valence-electron chi connectivity index (χ1n) is 12.9. The maximum Gasteiger partial charge on any atom is 0.419 e. The number of hydrogen-bond donors (Lipinski definition) is 1. The molecule has 0 unspecified atom stereocenters. The van der Waals surface area contributed by atoms with E-state index in [9.17, 15) is 30.8 Å². The van der Waals surface area contributed by atoms with Crippen molar-refractivity contribution in [1.29, 1.82) is 0 Å². The van der Waals surface area contributed by atoms with Crippen molar-refractivity contribution in [3.8, 4) is 0 Å². The first-order chi connectivity index (χ1) is 20.4. The fourth-order valence-electron chi connectivity index (χ4n) is 4.44. The van der Waals surface area contributed by atoms with E-state index >= 15 is 0 Å². The zero-order valence-corrected chi connectivity index (χ0v) is 24.2. The molecule has 0 spiro atoms. The van der Waals surface area contributed by atoms with Gasteiger partial charge in [0.15, 0.2) is 0 Å². The Kier molecular flexibility index (Phi) is 8.54. The summed E-state index contributed by atoms with van der Waals surface area (Å²) in [6.45, 7) is 1.36. The molecule has 222 valence electrons. The van der Waals surface area contributed by atoms with Gasteiger partial charge in [-0.1, -0.05) is 54.6 Å². The minimum Gasteiger partial charge on any atom is -0.269 e. The van der Waals surface area contributed by atoms with Gasteiger partial charge in [-0.25, -0.2) is 18.3 Å². The minimum atomic E-state index is -4.96. The minimum absolute atomic E-state index is 0.0549. The number of halogens is 4. The lowest BCUT2D eigenvalue weighted by Gasteiger charge is -2.25. The molecule has 0 radical (unpaired) electrons. The smallest absolute Gasteiger partial charge is 0.269 e. The SMILES string of the molecule is Cc1c(N(Cc2ccc(F)c(C(F)(F)F)c2)S(=O)(=O)c2ccc(C(=O)NOCc3ccccc3)cc2)sc2ccccc12. The van der Waals surface area contributed by atoms with E-state index in [1.165, 1.54) is 35.6 Å². The Hall–Kier alpha value is -4.26. The largest absolute Gasteiger partial charge is 0.419 e. The number of hydroxylamine groups is 1. The fraction of sp³-hybridized carbons (Fsp3) is 0.129. The summed E-state index contributed by atoms with van der Waals surface area (Å²) >= 11 is 1.17. The van der Waals surface area contributed by atoms with Crippen molar-refractivity contribution in [2.45, 2.75) is 31.1 Å². The highest BCUT2D eigenvalue weighted by atomic mass is 32.2. The van der Waals surface area contributed by atoms with Crippen molar-refractivity contribution < 1.29 is 35.6 Å². The van der Waals surface area contributed by atoms with E-state index in [4.69, 9.17) is 4.84 Å². The molecule has 5 rings (SSSR count). The Morgan fingerprint density at radius 3 is 2.26 bits per heavy atom. The molecule has 0 aliphatic carbocycles. The standard InChI is InChI=1S/C31H24F4N2O4S2/c1-20-25-9-5-6-10-28(25)42-30(20)37(18-22-11-16-27(32)26(17-22)31(33,34)35)43(39,40)24-14-12-23(13-15-24)29(38)36-41-19-21-7-3-2-4-8-21/h2-17H,18-19H2,1H3,(H,36,38). The topological polar surface area (TPSA) is 75.7 Å². The Morgan fingerprint density at radius 1 is 0.907 bits per heavy atom. The maximum absolute atomic E-state index is 14.0. The Balaban J connectivity index is 1.46. The van der Waals surface area contributed by atoms with Crippen LogP contribution in [0.2, 0.25) is 0 Å². The van der Waals surface area contributed by atoms with Crippen LogP contribution in [0.3, 0.4) is 0 Å². The molecular formula is C31H24F4N2O4S2. The van der Waals surface area contributed by atoms with E-state index in [-0.39, 0.29) is 22.6 Å². The van der Waals surface area contributed by atoms with Gasteiger partial charge in [-0.05, 0) is 71.5 Å². The van der Waals surface area contributed by atoms with E-state index in [2.05, 4.69) is 5.48 Å². The van der Waals surface area contributed by atoms with Gasteiger partial charge in [0.1, 0.15) is 10.8 Å². The lowest BCUT2D eigenvalue weighted by Crippen LogP contribution is -2.31. The van der Waals surface area contributed by atoms with Crippen LogP contribution < -0.4 is 9.79 Å². The highest BCUT2D eigenvalue weighted by molar-refractivity contribution is 7.93. The Morgan fingerprint density at radius 2 is 1.58 bits per heavy atom. The fourth-order valence-corrected chi connectivity index (χ4v) is 7.37. The number of carbonyl (C=O) groups excluding carboxylic acids is 1. The van der Waals surface area contributed by atoms with Crippen molar-refractivity contribution >= 4 is 42.4 Å². The van der Waals surface area contributed by atoms with Crippen molar-refractivity contribution in [2.24, 2.45) is 0 Å². The highest BCUT2D eigenvalue weighted by Crippen LogP contribution is 2.41. The molecule has 0 aliphatic rings. The molecule has 0 fully saturated rings. The lowest BCUT2D eigenvalue weighted by atomic mass is 10.1. The summed E-state index contributed by atoms with van der Waals surface area (Å²) in [5.74, 6) is -2.05. The maximum atomic E-state index is 14.0. The Labute approximate surface area is 249 Å². The Bertz CT molecular complexity index is 1870. The predicted molar refractivity (Wildman–Crippen MR) is 156 cm³/mol. The number of nitrogens with one attached hydrogen (secondary N) is 1. The molecule has 1 amide bonds. The average Bonchev–Trinajstić information content (AvgIpc) is 3.32. The van der Waals surface area contributed by atoms with Crippen LogP contribution in [0, 0.1) is 12.7 Å².